The lowest BCUT2D eigenvalue weighted by Crippen LogP contribution is -2.38. The highest BCUT2D eigenvalue weighted by Gasteiger charge is 2.31. The number of allylic oxidation sites excluding steroid dienone is 1. The Morgan fingerprint density at radius 3 is 2.56 bits per heavy atom. The molecule has 1 aliphatic rings. The van der Waals surface area contributed by atoms with E-state index in [0.29, 0.717) is 22.2 Å². The Morgan fingerprint density at radius 2 is 1.91 bits per heavy atom. The van der Waals surface area contributed by atoms with Crippen molar-refractivity contribution in [2.24, 2.45) is 0 Å². The van der Waals surface area contributed by atoms with Crippen LogP contribution in [0.3, 0.4) is 0 Å². The largest absolute Gasteiger partial charge is 0.494 e. The average Bonchev–Trinajstić information content (AvgIpc) is 2.77. The minimum absolute atomic E-state index is 0.0463. The number of ether oxygens (including phenoxy) is 2. The van der Waals surface area contributed by atoms with E-state index >= 15 is 0 Å². The van der Waals surface area contributed by atoms with Gasteiger partial charge in [0.05, 0.1) is 23.7 Å². The number of methoxy groups -OCH3 is 2. The van der Waals surface area contributed by atoms with Gasteiger partial charge in [0.25, 0.3) is 5.91 Å². The lowest BCUT2D eigenvalue weighted by Gasteiger charge is -2.31. The molecule has 1 amide bonds. The van der Waals surface area contributed by atoms with Crippen LogP contribution >= 0.6 is 23.8 Å². The Morgan fingerprint density at radius 1 is 1.16 bits per heavy atom. The molecule has 0 spiro atoms. The first-order chi connectivity index (χ1) is 15.3. The monoisotopic (exact) mass is 475 g/mol. The third-order valence-corrected chi connectivity index (χ3v) is 5.75. The molecule has 0 saturated carbocycles. The molecule has 3 rings (SSSR count). The van der Waals surface area contributed by atoms with Crippen molar-refractivity contribution < 1.29 is 18.7 Å². The maximum Gasteiger partial charge on any atom is 0.258 e. The van der Waals surface area contributed by atoms with E-state index in [1.165, 1.54) is 25.3 Å². The van der Waals surface area contributed by atoms with Crippen LogP contribution in [0.5, 0.6) is 5.75 Å². The molecule has 0 aliphatic heterocycles. The van der Waals surface area contributed by atoms with E-state index in [4.69, 9.17) is 33.3 Å². The van der Waals surface area contributed by atoms with E-state index in [1.807, 2.05) is 25.2 Å². The molecule has 32 heavy (non-hydrogen) atoms. The number of nitrogens with one attached hydrogen (secondary N) is 3. The summed E-state index contributed by atoms with van der Waals surface area (Å²) in [5.41, 5.74) is 1.12. The third-order valence-electron chi connectivity index (χ3n) is 4.99. The van der Waals surface area contributed by atoms with Crippen molar-refractivity contribution in [2.45, 2.75) is 17.9 Å². The zero-order valence-electron chi connectivity index (χ0n) is 17.7. The van der Waals surface area contributed by atoms with Crippen LogP contribution in [0.4, 0.5) is 15.8 Å². The maximum absolute atomic E-state index is 13.8. The highest BCUT2D eigenvalue weighted by atomic mass is 35.5. The van der Waals surface area contributed by atoms with Crippen molar-refractivity contribution in [3.05, 3.63) is 77.8 Å². The summed E-state index contributed by atoms with van der Waals surface area (Å²) >= 11 is 11.8. The predicted molar refractivity (Wildman–Crippen MR) is 129 cm³/mol. The van der Waals surface area contributed by atoms with Crippen LogP contribution in [0.15, 0.2) is 66.4 Å². The highest BCUT2D eigenvalue weighted by Crippen LogP contribution is 2.30. The Labute approximate surface area is 196 Å². The molecule has 9 heteroatoms. The Hall–Kier alpha value is -2.94. The molecule has 0 aromatic heterocycles. The first-order valence-corrected chi connectivity index (χ1v) is 10.5. The maximum atomic E-state index is 13.8. The van der Waals surface area contributed by atoms with E-state index in [-0.39, 0.29) is 10.9 Å². The summed E-state index contributed by atoms with van der Waals surface area (Å²) in [5.74, 6) is -0.712. The topological polar surface area (TPSA) is 71.6 Å². The number of anilines is 2. The van der Waals surface area contributed by atoms with Crippen LogP contribution in [0.1, 0.15) is 17.3 Å². The first-order valence-electron chi connectivity index (χ1n) is 9.68. The second-order valence-corrected chi connectivity index (χ2v) is 8.05. The quantitative estimate of drug-likeness (QED) is 0.410. The molecule has 2 atom stereocenters. The fourth-order valence-corrected chi connectivity index (χ4v) is 3.52. The number of hydrogen-bond donors (Lipinski definition) is 3. The van der Waals surface area contributed by atoms with E-state index < -0.39 is 17.3 Å². The van der Waals surface area contributed by atoms with Crippen molar-refractivity contribution in [1.82, 2.24) is 5.32 Å². The predicted octanol–water partition coefficient (Wildman–Crippen LogP) is 4.84. The molecule has 0 saturated heterocycles. The number of hydrogen-bond acceptors (Lipinski definition) is 4. The highest BCUT2D eigenvalue weighted by molar-refractivity contribution is 7.80. The lowest BCUT2D eigenvalue weighted by atomic mass is 9.95. The molecule has 2 aromatic rings. The number of carbonyl (C=O) groups is 1. The number of halogens is 2. The standard InChI is InChI=1S/C23H23ClFN3O3S/c1-23(31-3)11-10-15(13-20(23)24)27-22(32)28-18-9-8-14(12-19(18)30-2)26-21(29)16-6-4-5-7-17(16)25/h4-13,20H,1-3H3,(H,26,29)(H2,27,28,32). The molecule has 0 radical (unpaired) electrons. The van der Waals surface area contributed by atoms with Crippen LogP contribution in [0.2, 0.25) is 0 Å². The van der Waals surface area contributed by atoms with Gasteiger partial charge in [-0.1, -0.05) is 12.1 Å². The summed E-state index contributed by atoms with van der Waals surface area (Å²) in [5, 5.41) is 8.74. The number of thiocarbonyl (C=S) groups is 1. The molecule has 3 N–H and O–H groups in total. The SMILES string of the molecule is COc1cc(NC(=O)c2ccccc2F)ccc1NC(=S)NC1=CC(Cl)C(C)(OC)C=C1. The Kier molecular flexibility index (Phi) is 7.50. The van der Waals surface area contributed by atoms with Crippen molar-refractivity contribution in [2.75, 3.05) is 24.9 Å². The van der Waals surface area contributed by atoms with E-state index in [9.17, 15) is 9.18 Å². The summed E-state index contributed by atoms with van der Waals surface area (Å²) < 4.78 is 24.7. The van der Waals surface area contributed by atoms with Gasteiger partial charge < -0.3 is 25.4 Å². The van der Waals surface area contributed by atoms with E-state index in [0.717, 1.165) is 5.70 Å². The zero-order valence-corrected chi connectivity index (χ0v) is 19.3. The summed E-state index contributed by atoms with van der Waals surface area (Å²) in [4.78, 5) is 12.3. The minimum Gasteiger partial charge on any atom is -0.494 e. The van der Waals surface area contributed by atoms with Crippen LogP contribution in [0.25, 0.3) is 0 Å². The van der Waals surface area contributed by atoms with Crippen molar-refractivity contribution in [3.8, 4) is 5.75 Å². The molecule has 6 nitrogen and oxygen atoms in total. The second kappa shape index (κ2) is 10.1. The van der Waals surface area contributed by atoms with Gasteiger partial charge in [-0.2, -0.15) is 0 Å². The van der Waals surface area contributed by atoms with Crippen LogP contribution in [-0.2, 0) is 4.74 Å². The number of benzene rings is 2. The molecule has 1 aliphatic carbocycles. The normalized spacial score (nSPS) is 19.7. The summed E-state index contributed by atoms with van der Waals surface area (Å²) in [6, 6.07) is 10.7. The van der Waals surface area contributed by atoms with Gasteiger partial charge in [0.15, 0.2) is 5.11 Å². The number of amides is 1. The first kappa shape index (κ1) is 23.7. The van der Waals surface area contributed by atoms with Gasteiger partial charge in [-0.3, -0.25) is 4.79 Å². The molecule has 2 unspecified atom stereocenters. The van der Waals surface area contributed by atoms with E-state index in [1.54, 1.807) is 31.4 Å². The van der Waals surface area contributed by atoms with E-state index in [2.05, 4.69) is 16.0 Å². The zero-order chi connectivity index (χ0) is 23.3. The second-order valence-electron chi connectivity index (χ2n) is 7.17. The van der Waals surface area contributed by atoms with Crippen molar-refractivity contribution in [3.63, 3.8) is 0 Å². The smallest absolute Gasteiger partial charge is 0.258 e. The lowest BCUT2D eigenvalue weighted by molar-refractivity contribution is 0.0530. The molecule has 0 fully saturated rings. The molecular weight excluding hydrogens is 453 g/mol. The van der Waals surface area contributed by atoms with Gasteiger partial charge in [0.2, 0.25) is 0 Å². The fourth-order valence-electron chi connectivity index (χ4n) is 2.99. The summed E-state index contributed by atoms with van der Waals surface area (Å²) in [6.45, 7) is 1.89. The molecule has 0 bridgehead atoms. The average molecular weight is 476 g/mol. The molecule has 0 heterocycles. The van der Waals surface area contributed by atoms with Crippen LogP contribution in [0, 0.1) is 5.82 Å². The van der Waals surface area contributed by atoms with Gasteiger partial charge in [-0.05, 0) is 61.6 Å². The number of carbonyl (C=O) groups excluding carboxylic acids is 1. The number of rotatable bonds is 6. The molecular formula is C23H23ClFN3O3S. The molecule has 2 aromatic carbocycles. The minimum atomic E-state index is -0.595. The summed E-state index contributed by atoms with van der Waals surface area (Å²) in [6.07, 6.45) is 5.52. The Bertz CT molecular complexity index is 1090. The van der Waals surface area contributed by atoms with Crippen LogP contribution < -0.4 is 20.7 Å². The van der Waals surface area contributed by atoms with Crippen molar-refractivity contribution >= 4 is 46.2 Å². The van der Waals surface area contributed by atoms with Gasteiger partial charge in [-0.25, -0.2) is 4.39 Å². The van der Waals surface area contributed by atoms with Gasteiger partial charge in [0, 0.05) is 24.6 Å². The third kappa shape index (κ3) is 5.45. The number of alkyl halides is 1. The van der Waals surface area contributed by atoms with Gasteiger partial charge >= 0.3 is 0 Å². The fraction of sp³-hybridized carbons (Fsp3) is 0.217. The van der Waals surface area contributed by atoms with Gasteiger partial charge in [0.1, 0.15) is 17.2 Å². The van der Waals surface area contributed by atoms with Gasteiger partial charge in [-0.15, -0.1) is 11.6 Å². The van der Waals surface area contributed by atoms with Crippen LogP contribution in [-0.4, -0.2) is 36.2 Å². The molecule has 168 valence electrons. The summed E-state index contributed by atoms with van der Waals surface area (Å²) in [7, 11) is 3.10. The Balaban J connectivity index is 1.67. The van der Waals surface area contributed by atoms with Crippen molar-refractivity contribution in [1.29, 1.82) is 0 Å².